The zero-order chi connectivity index (χ0) is 12.1. The Morgan fingerprint density at radius 3 is 2.50 bits per heavy atom. The maximum atomic E-state index is 4.24. The fraction of sp³-hybridized carbons (Fsp3) is 0.769. The molecule has 0 bridgehead atoms. The van der Waals surface area contributed by atoms with Crippen molar-refractivity contribution >= 4 is 0 Å². The van der Waals surface area contributed by atoms with Crippen LogP contribution in [0.3, 0.4) is 0 Å². The van der Waals surface area contributed by atoms with Crippen LogP contribution in [0.1, 0.15) is 44.9 Å². The molecule has 0 spiro atoms. The Morgan fingerprint density at radius 1 is 1.31 bits per heavy atom. The van der Waals surface area contributed by atoms with Crippen LogP contribution in [0.25, 0.3) is 0 Å². The second-order valence-corrected chi connectivity index (χ2v) is 5.13. The van der Waals surface area contributed by atoms with Gasteiger partial charge in [0.1, 0.15) is 0 Å². The quantitative estimate of drug-likeness (QED) is 0.803. The minimum absolute atomic E-state index is 0.585. The van der Waals surface area contributed by atoms with E-state index in [1.807, 2.05) is 17.9 Å². The molecule has 0 saturated carbocycles. The number of rotatable bonds is 6. The van der Waals surface area contributed by atoms with E-state index in [1.165, 1.54) is 24.1 Å². The first kappa shape index (κ1) is 13.2. The predicted molar refractivity (Wildman–Crippen MR) is 68.3 cm³/mol. The summed E-state index contributed by atoms with van der Waals surface area (Å²) >= 11 is 0. The lowest BCUT2D eigenvalue weighted by Crippen LogP contribution is -2.26. The summed E-state index contributed by atoms with van der Waals surface area (Å²) in [5.41, 5.74) is 2.56. The zero-order valence-electron chi connectivity index (χ0n) is 11.2. The highest BCUT2D eigenvalue weighted by molar-refractivity contribution is 5.15. The normalized spacial score (nSPS) is 13.4. The highest BCUT2D eigenvalue weighted by Gasteiger charge is 2.06. The van der Waals surface area contributed by atoms with Crippen molar-refractivity contribution in [1.29, 1.82) is 0 Å². The van der Waals surface area contributed by atoms with Gasteiger partial charge in [-0.2, -0.15) is 5.10 Å². The average Bonchev–Trinajstić information content (AvgIpc) is 2.54. The molecule has 0 aromatic carbocycles. The first-order valence-electron chi connectivity index (χ1n) is 6.21. The lowest BCUT2D eigenvalue weighted by Gasteiger charge is -2.14. The van der Waals surface area contributed by atoms with Gasteiger partial charge in [-0.25, -0.2) is 0 Å². The summed E-state index contributed by atoms with van der Waals surface area (Å²) in [7, 11) is 1.99. The van der Waals surface area contributed by atoms with E-state index in [0.717, 1.165) is 12.5 Å². The van der Waals surface area contributed by atoms with Gasteiger partial charge >= 0.3 is 0 Å². The summed E-state index contributed by atoms with van der Waals surface area (Å²) in [5.74, 6) is 0.796. The van der Waals surface area contributed by atoms with Crippen molar-refractivity contribution in [1.82, 2.24) is 15.1 Å². The Balaban J connectivity index is 2.31. The van der Waals surface area contributed by atoms with Crippen LogP contribution in [0.4, 0.5) is 0 Å². The molecular formula is C13H25N3. The minimum atomic E-state index is 0.585. The maximum Gasteiger partial charge on any atom is 0.0537 e. The van der Waals surface area contributed by atoms with Gasteiger partial charge in [-0.1, -0.05) is 13.8 Å². The lowest BCUT2D eigenvalue weighted by molar-refractivity contribution is 0.450. The van der Waals surface area contributed by atoms with E-state index >= 15 is 0 Å². The monoisotopic (exact) mass is 223 g/mol. The van der Waals surface area contributed by atoms with Crippen molar-refractivity contribution in [2.75, 3.05) is 0 Å². The van der Waals surface area contributed by atoms with Crippen molar-refractivity contribution in [2.24, 2.45) is 13.0 Å². The van der Waals surface area contributed by atoms with E-state index < -0.39 is 0 Å². The van der Waals surface area contributed by atoms with E-state index in [2.05, 4.69) is 38.1 Å². The Labute approximate surface area is 99.2 Å². The molecule has 0 aliphatic heterocycles. The van der Waals surface area contributed by atoms with Crippen molar-refractivity contribution in [3.05, 3.63) is 17.5 Å². The summed E-state index contributed by atoms with van der Waals surface area (Å²) in [5, 5.41) is 7.80. The smallest absolute Gasteiger partial charge is 0.0537 e. The van der Waals surface area contributed by atoms with Crippen LogP contribution in [-0.4, -0.2) is 15.8 Å². The van der Waals surface area contributed by atoms with Crippen LogP contribution < -0.4 is 5.32 Å². The van der Waals surface area contributed by atoms with Crippen LogP contribution >= 0.6 is 0 Å². The molecule has 1 unspecified atom stereocenters. The Bertz CT molecular complexity index is 315. The lowest BCUT2D eigenvalue weighted by atomic mass is 10.0. The molecule has 1 atom stereocenters. The molecule has 1 rings (SSSR count). The van der Waals surface area contributed by atoms with Crippen molar-refractivity contribution < 1.29 is 0 Å². The number of nitrogens with zero attached hydrogens (tertiary/aromatic N) is 2. The van der Waals surface area contributed by atoms with E-state index in [4.69, 9.17) is 0 Å². The summed E-state index contributed by atoms with van der Waals surface area (Å²) in [6, 6.07) is 0.585. The van der Waals surface area contributed by atoms with Gasteiger partial charge in [0.05, 0.1) is 6.20 Å². The van der Waals surface area contributed by atoms with E-state index in [0.29, 0.717) is 6.04 Å². The Hall–Kier alpha value is -0.830. The maximum absolute atomic E-state index is 4.24. The average molecular weight is 223 g/mol. The molecule has 0 aliphatic carbocycles. The fourth-order valence-electron chi connectivity index (χ4n) is 1.69. The molecule has 0 radical (unpaired) electrons. The summed E-state index contributed by atoms with van der Waals surface area (Å²) in [6.45, 7) is 9.85. The molecular weight excluding hydrogens is 198 g/mol. The molecule has 0 fully saturated rings. The third-order valence-corrected chi connectivity index (χ3v) is 3.15. The number of hydrogen-bond acceptors (Lipinski definition) is 2. The van der Waals surface area contributed by atoms with E-state index in [1.54, 1.807) is 0 Å². The second-order valence-electron chi connectivity index (χ2n) is 5.13. The predicted octanol–water partition coefficient (Wildman–Crippen LogP) is 2.64. The van der Waals surface area contributed by atoms with Gasteiger partial charge in [-0.15, -0.1) is 0 Å². The molecule has 1 aromatic rings. The van der Waals surface area contributed by atoms with Gasteiger partial charge in [0.25, 0.3) is 0 Å². The highest BCUT2D eigenvalue weighted by Crippen LogP contribution is 2.09. The molecule has 3 nitrogen and oxygen atoms in total. The fourth-order valence-corrected chi connectivity index (χ4v) is 1.69. The third-order valence-electron chi connectivity index (χ3n) is 3.15. The number of aryl methyl sites for hydroxylation is 1. The first-order chi connectivity index (χ1) is 7.50. The number of hydrogen-bond donors (Lipinski definition) is 1. The molecule has 1 aromatic heterocycles. The van der Waals surface area contributed by atoms with Gasteiger partial charge in [0.15, 0.2) is 0 Å². The molecule has 3 heteroatoms. The summed E-state index contributed by atoms with van der Waals surface area (Å²) in [6.07, 6.45) is 4.49. The van der Waals surface area contributed by atoms with Crippen LogP contribution in [0, 0.1) is 12.8 Å². The third kappa shape index (κ3) is 3.97. The Morgan fingerprint density at radius 2 is 2.00 bits per heavy atom. The van der Waals surface area contributed by atoms with Gasteiger partial charge < -0.3 is 5.32 Å². The molecule has 0 aliphatic rings. The van der Waals surface area contributed by atoms with Crippen LogP contribution in [0.5, 0.6) is 0 Å². The number of nitrogens with one attached hydrogen (secondary N) is 1. The highest BCUT2D eigenvalue weighted by atomic mass is 15.3. The second kappa shape index (κ2) is 6.04. The van der Waals surface area contributed by atoms with Gasteiger partial charge in [-0.05, 0) is 32.6 Å². The van der Waals surface area contributed by atoms with Gasteiger partial charge in [-0.3, -0.25) is 4.68 Å². The molecule has 0 saturated heterocycles. The molecule has 16 heavy (non-hydrogen) atoms. The molecule has 1 N–H and O–H groups in total. The molecule has 1 heterocycles. The number of aromatic nitrogens is 2. The largest absolute Gasteiger partial charge is 0.310 e. The van der Waals surface area contributed by atoms with Gasteiger partial charge in [0, 0.05) is 30.9 Å². The van der Waals surface area contributed by atoms with Gasteiger partial charge in [0.2, 0.25) is 0 Å². The minimum Gasteiger partial charge on any atom is -0.310 e. The van der Waals surface area contributed by atoms with Crippen LogP contribution in [0.2, 0.25) is 0 Å². The SMILES string of the molecule is Cc1c(CNC(C)CCC(C)C)cnn1C. The standard InChI is InChI=1S/C13H25N3/c1-10(2)6-7-11(3)14-8-13-9-15-16(5)12(13)4/h9-11,14H,6-8H2,1-5H3. The van der Waals surface area contributed by atoms with Crippen molar-refractivity contribution in [2.45, 2.75) is 53.1 Å². The zero-order valence-corrected chi connectivity index (χ0v) is 11.2. The Kier molecular flexibility index (Phi) is 5.00. The van der Waals surface area contributed by atoms with Crippen molar-refractivity contribution in [3.63, 3.8) is 0 Å². The molecule has 92 valence electrons. The van der Waals surface area contributed by atoms with Crippen molar-refractivity contribution in [3.8, 4) is 0 Å². The van der Waals surface area contributed by atoms with Crippen LogP contribution in [0.15, 0.2) is 6.20 Å². The first-order valence-corrected chi connectivity index (χ1v) is 6.21. The summed E-state index contributed by atoms with van der Waals surface area (Å²) in [4.78, 5) is 0. The van der Waals surface area contributed by atoms with Crippen LogP contribution in [-0.2, 0) is 13.6 Å². The van der Waals surface area contributed by atoms with E-state index in [9.17, 15) is 0 Å². The summed E-state index contributed by atoms with van der Waals surface area (Å²) < 4.78 is 1.93. The topological polar surface area (TPSA) is 29.9 Å². The van der Waals surface area contributed by atoms with E-state index in [-0.39, 0.29) is 0 Å². The molecule has 0 amide bonds.